The van der Waals surface area contributed by atoms with Crippen molar-refractivity contribution < 1.29 is 4.79 Å². The largest absolute Gasteiger partial charge is 0.357 e. The van der Waals surface area contributed by atoms with Crippen LogP contribution < -0.4 is 4.90 Å². The van der Waals surface area contributed by atoms with E-state index in [-0.39, 0.29) is 5.41 Å². The van der Waals surface area contributed by atoms with E-state index >= 15 is 0 Å². The summed E-state index contributed by atoms with van der Waals surface area (Å²) >= 11 is 0. The van der Waals surface area contributed by atoms with Crippen molar-refractivity contribution in [3.05, 3.63) is 54.2 Å². The van der Waals surface area contributed by atoms with E-state index in [2.05, 4.69) is 54.1 Å². The van der Waals surface area contributed by atoms with Crippen molar-refractivity contribution in [1.82, 2.24) is 24.4 Å². The lowest BCUT2D eigenvalue weighted by atomic mass is 9.71. The van der Waals surface area contributed by atoms with E-state index in [0.29, 0.717) is 23.7 Å². The minimum Gasteiger partial charge on any atom is -0.357 e. The highest BCUT2D eigenvalue weighted by Gasteiger charge is 2.39. The molecule has 0 saturated carbocycles. The van der Waals surface area contributed by atoms with Crippen molar-refractivity contribution in [2.24, 2.45) is 18.4 Å². The number of fused-ring (bicyclic) bond motifs is 1. The molecule has 0 amide bonds. The maximum absolute atomic E-state index is 13.0. The average molecular weight is 510 g/mol. The van der Waals surface area contributed by atoms with Crippen LogP contribution in [-0.2, 0) is 11.8 Å². The number of hydrogen-bond donors (Lipinski definition) is 0. The van der Waals surface area contributed by atoms with Gasteiger partial charge in [-0.1, -0.05) is 20.8 Å². The fraction of sp³-hybridized carbons (Fsp3) is 0.433. The number of anilines is 1. The molecule has 8 heteroatoms. The quantitative estimate of drug-likeness (QED) is 0.323. The summed E-state index contributed by atoms with van der Waals surface area (Å²) in [6.07, 6.45) is 10.6. The molecule has 5 rings (SSSR count). The zero-order valence-electron chi connectivity index (χ0n) is 22.9. The Morgan fingerprint density at radius 2 is 1.87 bits per heavy atom. The number of carbonyl (C=O) groups excluding carboxylic acids is 1. The Kier molecular flexibility index (Phi) is 6.78. The number of hydrogen-bond acceptors (Lipinski definition) is 6. The first kappa shape index (κ1) is 25.7. The molecular formula is C30H35N7O. The minimum absolute atomic E-state index is 0.202. The lowest BCUT2D eigenvalue weighted by molar-refractivity contribution is -0.131. The van der Waals surface area contributed by atoms with Gasteiger partial charge in [-0.25, -0.2) is 9.50 Å². The van der Waals surface area contributed by atoms with Crippen LogP contribution in [0.1, 0.15) is 57.7 Å². The molecule has 0 radical (unpaired) electrons. The zero-order chi connectivity index (χ0) is 27.0. The van der Waals surface area contributed by atoms with E-state index < -0.39 is 0 Å². The molecule has 0 atom stereocenters. The van der Waals surface area contributed by atoms with Gasteiger partial charge in [-0.05, 0) is 50.3 Å². The molecule has 38 heavy (non-hydrogen) atoms. The number of nitriles is 1. The number of aryl methyl sites for hydroxylation is 1. The van der Waals surface area contributed by atoms with Crippen LogP contribution in [0.15, 0.2) is 43.0 Å². The van der Waals surface area contributed by atoms with E-state index in [1.165, 1.54) is 0 Å². The van der Waals surface area contributed by atoms with Gasteiger partial charge in [0.05, 0.1) is 23.5 Å². The van der Waals surface area contributed by atoms with E-state index in [1.807, 2.05) is 43.3 Å². The molecule has 1 fully saturated rings. The summed E-state index contributed by atoms with van der Waals surface area (Å²) in [4.78, 5) is 20.1. The first-order valence-corrected chi connectivity index (χ1v) is 13.4. The summed E-state index contributed by atoms with van der Waals surface area (Å²) in [5.74, 6) is 1.72. The topological polar surface area (TPSA) is 92.1 Å². The van der Waals surface area contributed by atoms with E-state index in [0.717, 1.165) is 71.6 Å². The molecule has 0 bridgehead atoms. The van der Waals surface area contributed by atoms with Gasteiger partial charge >= 0.3 is 0 Å². The summed E-state index contributed by atoms with van der Waals surface area (Å²) < 4.78 is 3.62. The third-order valence-electron chi connectivity index (χ3n) is 8.24. The van der Waals surface area contributed by atoms with Crippen LogP contribution >= 0.6 is 0 Å². The van der Waals surface area contributed by atoms with Gasteiger partial charge in [-0.15, -0.1) is 0 Å². The number of rotatable bonds is 7. The lowest BCUT2D eigenvalue weighted by Crippen LogP contribution is -2.44. The van der Waals surface area contributed by atoms with Gasteiger partial charge in [0.15, 0.2) is 0 Å². The maximum atomic E-state index is 13.0. The summed E-state index contributed by atoms with van der Waals surface area (Å²) in [7, 11) is 1.92. The Bertz CT molecular complexity index is 1510. The number of ketones is 1. The zero-order valence-corrected chi connectivity index (χ0v) is 22.9. The minimum atomic E-state index is -0.202. The molecule has 0 unspecified atom stereocenters. The fourth-order valence-electron chi connectivity index (χ4n) is 5.67. The van der Waals surface area contributed by atoms with Crippen LogP contribution in [0, 0.1) is 29.6 Å². The summed E-state index contributed by atoms with van der Waals surface area (Å²) in [6.45, 7) is 10.1. The van der Waals surface area contributed by atoms with E-state index in [4.69, 9.17) is 4.98 Å². The van der Waals surface area contributed by atoms with Crippen LogP contribution in [0.5, 0.6) is 0 Å². The Labute approximate surface area is 223 Å². The predicted molar refractivity (Wildman–Crippen MR) is 149 cm³/mol. The van der Waals surface area contributed by atoms with Crippen molar-refractivity contribution in [3.63, 3.8) is 0 Å². The Hall–Kier alpha value is -3.99. The predicted octanol–water partition coefficient (Wildman–Crippen LogP) is 5.59. The second-order valence-corrected chi connectivity index (χ2v) is 10.9. The monoisotopic (exact) mass is 509 g/mol. The fourth-order valence-corrected chi connectivity index (χ4v) is 5.67. The standard InChI is InChI=1S/C30H35N7O/c1-6-30(27(38)13-20(2)3)9-11-36(12-10-30)28-8-7-22(16-32-28)25-14-23(26-18-33-35(5)21(26)4)19-37-29(25)24(15-31)17-34-37/h7-8,14,16-20H,6,9-13H2,1-5H3. The highest BCUT2D eigenvalue weighted by Crippen LogP contribution is 2.39. The number of nitrogens with zero attached hydrogens (tertiary/aromatic N) is 7. The van der Waals surface area contributed by atoms with Crippen molar-refractivity contribution in [2.45, 2.75) is 53.4 Å². The molecule has 4 aromatic heterocycles. The summed E-state index contributed by atoms with van der Waals surface area (Å²) in [6, 6.07) is 8.48. The first-order chi connectivity index (χ1) is 18.3. The van der Waals surface area contributed by atoms with E-state index in [9.17, 15) is 10.1 Å². The molecule has 1 aliphatic rings. The number of piperidine rings is 1. The Morgan fingerprint density at radius 1 is 1.11 bits per heavy atom. The van der Waals surface area contributed by atoms with Crippen molar-refractivity contribution in [3.8, 4) is 28.3 Å². The van der Waals surface area contributed by atoms with Gasteiger partial charge in [0.1, 0.15) is 17.7 Å². The normalized spacial score (nSPS) is 15.2. The number of pyridine rings is 2. The molecule has 0 aromatic carbocycles. The van der Waals surface area contributed by atoms with Gasteiger partial charge in [-0.2, -0.15) is 15.5 Å². The molecule has 1 aliphatic heterocycles. The van der Waals surface area contributed by atoms with Crippen molar-refractivity contribution >= 4 is 17.1 Å². The third-order valence-corrected chi connectivity index (χ3v) is 8.24. The smallest absolute Gasteiger partial charge is 0.139 e. The van der Waals surface area contributed by atoms with Crippen LogP contribution in [-0.4, -0.2) is 43.3 Å². The van der Waals surface area contributed by atoms with Crippen molar-refractivity contribution in [1.29, 1.82) is 5.26 Å². The molecule has 196 valence electrons. The Balaban J connectivity index is 1.44. The molecule has 4 aromatic rings. The highest BCUT2D eigenvalue weighted by molar-refractivity contribution is 5.88. The van der Waals surface area contributed by atoms with Crippen molar-refractivity contribution in [2.75, 3.05) is 18.0 Å². The van der Waals surface area contributed by atoms with Gasteiger partial charge in [-0.3, -0.25) is 9.48 Å². The van der Waals surface area contributed by atoms with Gasteiger partial charge in [0.2, 0.25) is 0 Å². The van der Waals surface area contributed by atoms with E-state index in [1.54, 1.807) is 10.7 Å². The van der Waals surface area contributed by atoms with Gasteiger partial charge in [0.25, 0.3) is 0 Å². The number of carbonyl (C=O) groups is 1. The first-order valence-electron chi connectivity index (χ1n) is 13.4. The Morgan fingerprint density at radius 3 is 2.45 bits per heavy atom. The van der Waals surface area contributed by atoms with Gasteiger partial charge in [0, 0.05) is 72.3 Å². The third kappa shape index (κ3) is 4.47. The SMILES string of the molecule is CCC1(C(=O)CC(C)C)CCN(c2ccc(-c3cc(-c4cnn(C)c4C)cn4ncc(C#N)c34)cn2)CC1. The van der Waals surface area contributed by atoms with Gasteiger partial charge < -0.3 is 4.90 Å². The van der Waals surface area contributed by atoms with Crippen LogP contribution in [0.25, 0.3) is 27.8 Å². The average Bonchev–Trinajstić information content (AvgIpc) is 3.50. The van der Waals surface area contributed by atoms with Crippen LogP contribution in [0.2, 0.25) is 0 Å². The van der Waals surface area contributed by atoms with Crippen LogP contribution in [0.3, 0.4) is 0 Å². The maximum Gasteiger partial charge on any atom is 0.139 e. The lowest BCUT2D eigenvalue weighted by Gasteiger charge is -2.41. The van der Waals surface area contributed by atoms with Crippen LogP contribution in [0.4, 0.5) is 5.82 Å². The molecule has 1 saturated heterocycles. The highest BCUT2D eigenvalue weighted by atomic mass is 16.1. The molecule has 0 spiro atoms. The molecular weight excluding hydrogens is 474 g/mol. The molecule has 0 aliphatic carbocycles. The molecule has 5 heterocycles. The summed E-state index contributed by atoms with van der Waals surface area (Å²) in [5.41, 5.74) is 5.97. The second kappa shape index (κ2) is 10.1. The number of aromatic nitrogens is 5. The second-order valence-electron chi connectivity index (χ2n) is 10.9. The molecule has 0 N–H and O–H groups in total. The molecule has 8 nitrogen and oxygen atoms in total. The number of Topliss-reactive ketones (excluding diaryl/α,β-unsaturated/α-hetero) is 1. The summed E-state index contributed by atoms with van der Waals surface area (Å²) in [5, 5.41) is 18.6.